The van der Waals surface area contributed by atoms with Crippen LogP contribution in [-0.2, 0) is 6.54 Å². The number of nitrogens with zero attached hydrogens (tertiary/aromatic N) is 4. The van der Waals surface area contributed by atoms with Crippen LogP contribution in [0.15, 0.2) is 29.4 Å². The molecule has 8 heteroatoms. The van der Waals surface area contributed by atoms with E-state index in [9.17, 15) is 4.79 Å². The van der Waals surface area contributed by atoms with Crippen LogP contribution in [-0.4, -0.2) is 33.5 Å². The van der Waals surface area contributed by atoms with E-state index < -0.39 is 5.91 Å². The van der Waals surface area contributed by atoms with Crippen LogP contribution in [0.1, 0.15) is 30.4 Å². The number of ether oxygens (including phenoxy) is 2. The Hall–Kier alpha value is -3.05. The number of rotatable bonds is 3. The van der Waals surface area contributed by atoms with Crippen LogP contribution < -0.4 is 14.3 Å². The predicted octanol–water partition coefficient (Wildman–Crippen LogP) is 2.63. The van der Waals surface area contributed by atoms with Crippen molar-refractivity contribution in [3.05, 3.63) is 34.9 Å². The fourth-order valence-electron chi connectivity index (χ4n) is 2.82. The number of amides is 1. The maximum absolute atomic E-state index is 12.6. The van der Waals surface area contributed by atoms with Crippen molar-refractivity contribution in [1.82, 2.24) is 14.3 Å². The molecule has 1 aliphatic heterocycles. The van der Waals surface area contributed by atoms with Crippen molar-refractivity contribution in [2.45, 2.75) is 26.4 Å². The highest BCUT2D eigenvalue weighted by Crippen LogP contribution is 2.35. The molecule has 27 heavy (non-hydrogen) atoms. The maximum Gasteiger partial charge on any atom is 0.300 e. The predicted molar refractivity (Wildman–Crippen MR) is 102 cm³/mol. The van der Waals surface area contributed by atoms with Gasteiger partial charge in [-0.3, -0.25) is 9.48 Å². The molecule has 4 rings (SSSR count). The summed E-state index contributed by atoms with van der Waals surface area (Å²) in [5, 5.41) is 4.29. The summed E-state index contributed by atoms with van der Waals surface area (Å²) < 4.78 is 15.8. The minimum Gasteiger partial charge on any atom is -0.486 e. The van der Waals surface area contributed by atoms with Crippen molar-refractivity contribution < 1.29 is 14.3 Å². The summed E-state index contributed by atoms with van der Waals surface area (Å²) >= 11 is 1.38. The Kier molecular flexibility index (Phi) is 4.46. The standard InChI is InChI=1S/C19H18N4O3S/c1-4-6-22-14-10-15-16(26-9-8-25-15)11-17(14)27-19(22)20-18(24)13-5-7-23(21-13)12(2)3/h1,5,7,10-12H,6,8-9H2,2-3H3. The van der Waals surface area contributed by atoms with Crippen molar-refractivity contribution in [3.8, 4) is 23.8 Å². The van der Waals surface area contributed by atoms with Gasteiger partial charge in [-0.15, -0.1) is 6.42 Å². The molecule has 0 radical (unpaired) electrons. The van der Waals surface area contributed by atoms with E-state index in [1.54, 1.807) is 16.9 Å². The third-order valence-electron chi connectivity index (χ3n) is 4.15. The molecular weight excluding hydrogens is 364 g/mol. The monoisotopic (exact) mass is 382 g/mol. The molecule has 3 heterocycles. The summed E-state index contributed by atoms with van der Waals surface area (Å²) in [4.78, 5) is 17.4. The Morgan fingerprint density at radius 2 is 2.11 bits per heavy atom. The molecule has 0 saturated carbocycles. The van der Waals surface area contributed by atoms with Crippen molar-refractivity contribution in [1.29, 1.82) is 0 Å². The Bertz CT molecular complexity index is 1130. The molecule has 0 bridgehead atoms. The van der Waals surface area contributed by atoms with Crippen molar-refractivity contribution >= 4 is 27.5 Å². The average molecular weight is 382 g/mol. The molecule has 7 nitrogen and oxygen atoms in total. The molecule has 2 aromatic heterocycles. The normalized spacial score (nSPS) is 13.9. The lowest BCUT2D eigenvalue weighted by molar-refractivity contribution is 0.0992. The van der Waals surface area contributed by atoms with Gasteiger partial charge in [-0.05, 0) is 19.9 Å². The number of fused-ring (bicyclic) bond motifs is 2. The quantitative estimate of drug-likeness (QED) is 0.653. The van der Waals surface area contributed by atoms with Gasteiger partial charge in [0.05, 0.1) is 16.8 Å². The van der Waals surface area contributed by atoms with Gasteiger partial charge in [0.25, 0.3) is 5.91 Å². The number of benzene rings is 1. The van der Waals surface area contributed by atoms with Gasteiger partial charge >= 0.3 is 0 Å². The van der Waals surface area contributed by atoms with Gasteiger partial charge < -0.3 is 14.0 Å². The highest BCUT2D eigenvalue weighted by molar-refractivity contribution is 7.16. The van der Waals surface area contributed by atoms with Gasteiger partial charge in [0.15, 0.2) is 22.0 Å². The van der Waals surface area contributed by atoms with Gasteiger partial charge in [0.2, 0.25) is 0 Å². The molecule has 0 fully saturated rings. The minimum atomic E-state index is -0.399. The molecule has 138 valence electrons. The zero-order valence-electron chi connectivity index (χ0n) is 15.0. The summed E-state index contributed by atoms with van der Waals surface area (Å²) in [6, 6.07) is 5.63. The van der Waals surface area contributed by atoms with Crippen LogP contribution in [0.4, 0.5) is 0 Å². The third kappa shape index (κ3) is 3.22. The smallest absolute Gasteiger partial charge is 0.300 e. The fourth-order valence-corrected chi connectivity index (χ4v) is 3.86. The number of hydrogen-bond donors (Lipinski definition) is 0. The van der Waals surface area contributed by atoms with E-state index in [1.165, 1.54) is 11.3 Å². The number of hydrogen-bond acceptors (Lipinski definition) is 5. The second-order valence-electron chi connectivity index (χ2n) is 6.33. The number of carbonyl (C=O) groups excluding carboxylic acids is 1. The number of terminal acetylenes is 1. The topological polar surface area (TPSA) is 70.6 Å². The summed E-state index contributed by atoms with van der Waals surface area (Å²) in [5.74, 6) is 3.59. The van der Waals surface area contributed by atoms with Crippen molar-refractivity contribution in [2.75, 3.05) is 13.2 Å². The lowest BCUT2D eigenvalue weighted by Crippen LogP contribution is -2.17. The summed E-state index contributed by atoms with van der Waals surface area (Å²) in [6.07, 6.45) is 7.31. The largest absolute Gasteiger partial charge is 0.486 e. The zero-order chi connectivity index (χ0) is 19.0. The highest BCUT2D eigenvalue weighted by Gasteiger charge is 2.17. The summed E-state index contributed by atoms with van der Waals surface area (Å²) in [7, 11) is 0. The first-order chi connectivity index (χ1) is 13.1. The Morgan fingerprint density at radius 3 is 2.78 bits per heavy atom. The highest BCUT2D eigenvalue weighted by atomic mass is 32.1. The molecular formula is C19H18N4O3S. The van der Waals surface area contributed by atoms with E-state index in [4.69, 9.17) is 15.9 Å². The number of thiazole rings is 1. The second-order valence-corrected chi connectivity index (χ2v) is 7.34. The molecule has 3 aromatic rings. The summed E-state index contributed by atoms with van der Waals surface area (Å²) in [6.45, 7) is 5.31. The maximum atomic E-state index is 12.6. The number of aromatic nitrogens is 3. The van der Waals surface area contributed by atoms with Crippen LogP contribution in [0.5, 0.6) is 11.5 Å². The molecule has 1 aliphatic rings. The van der Waals surface area contributed by atoms with Crippen LogP contribution in [0.3, 0.4) is 0 Å². The first-order valence-electron chi connectivity index (χ1n) is 8.57. The third-order valence-corrected chi connectivity index (χ3v) is 5.19. The zero-order valence-corrected chi connectivity index (χ0v) is 15.8. The first kappa shape index (κ1) is 17.4. The average Bonchev–Trinajstić information content (AvgIpc) is 3.26. The molecule has 0 atom stereocenters. The Balaban J connectivity index is 1.81. The molecule has 0 N–H and O–H groups in total. The van der Waals surface area contributed by atoms with Crippen LogP contribution in [0, 0.1) is 12.3 Å². The van der Waals surface area contributed by atoms with Gasteiger partial charge in [0.1, 0.15) is 13.2 Å². The lowest BCUT2D eigenvalue weighted by Gasteiger charge is -2.18. The van der Waals surface area contributed by atoms with Gasteiger partial charge in [-0.2, -0.15) is 10.1 Å². The van der Waals surface area contributed by atoms with Gasteiger partial charge in [-0.1, -0.05) is 17.3 Å². The van der Waals surface area contributed by atoms with E-state index >= 15 is 0 Å². The van der Waals surface area contributed by atoms with Crippen molar-refractivity contribution in [3.63, 3.8) is 0 Å². The minimum absolute atomic E-state index is 0.175. The Morgan fingerprint density at radius 1 is 1.37 bits per heavy atom. The summed E-state index contributed by atoms with van der Waals surface area (Å²) in [5.41, 5.74) is 1.17. The second kappa shape index (κ2) is 6.93. The van der Waals surface area contributed by atoms with E-state index in [1.807, 2.05) is 30.5 Å². The van der Waals surface area contributed by atoms with Crippen LogP contribution >= 0.6 is 11.3 Å². The molecule has 1 aromatic carbocycles. The fraction of sp³-hybridized carbons (Fsp3) is 0.316. The van der Waals surface area contributed by atoms with E-state index in [0.29, 0.717) is 41.8 Å². The first-order valence-corrected chi connectivity index (χ1v) is 9.39. The SMILES string of the molecule is C#CCn1c(=NC(=O)c2ccn(C(C)C)n2)sc2cc3c(cc21)OCCO3. The molecule has 1 amide bonds. The lowest BCUT2D eigenvalue weighted by atomic mass is 10.2. The number of carbonyl (C=O) groups is 1. The van der Waals surface area contributed by atoms with Crippen LogP contribution in [0.2, 0.25) is 0 Å². The van der Waals surface area contributed by atoms with Gasteiger partial charge in [-0.25, -0.2) is 0 Å². The molecule has 0 saturated heterocycles. The molecule has 0 spiro atoms. The van der Waals surface area contributed by atoms with Crippen molar-refractivity contribution in [2.24, 2.45) is 4.99 Å². The van der Waals surface area contributed by atoms with E-state index in [0.717, 1.165) is 10.2 Å². The Labute approximate surface area is 159 Å². The molecule has 0 unspecified atom stereocenters. The molecule has 0 aliphatic carbocycles. The van der Waals surface area contributed by atoms with Crippen LogP contribution in [0.25, 0.3) is 10.2 Å². The van der Waals surface area contributed by atoms with E-state index in [2.05, 4.69) is 16.0 Å². The van der Waals surface area contributed by atoms with Gasteiger partial charge in [0, 0.05) is 24.4 Å². The van der Waals surface area contributed by atoms with E-state index in [-0.39, 0.29) is 6.04 Å².